The second-order valence-corrected chi connectivity index (χ2v) is 7.90. The highest BCUT2D eigenvalue weighted by Gasteiger charge is 2.39. The zero-order valence-corrected chi connectivity index (χ0v) is 17.6. The predicted octanol–water partition coefficient (Wildman–Crippen LogP) is 4.58. The summed E-state index contributed by atoms with van der Waals surface area (Å²) in [7, 11) is 0. The van der Waals surface area contributed by atoms with Gasteiger partial charge in [-0.05, 0) is 62.1 Å². The quantitative estimate of drug-likeness (QED) is 0.240. The van der Waals surface area contributed by atoms with Gasteiger partial charge in [0, 0.05) is 29.0 Å². The van der Waals surface area contributed by atoms with Crippen LogP contribution in [0.2, 0.25) is 0 Å². The van der Waals surface area contributed by atoms with E-state index in [9.17, 15) is 31.1 Å². The van der Waals surface area contributed by atoms with Gasteiger partial charge >= 0.3 is 12.4 Å². The number of nitrogens with one attached hydrogen (secondary N) is 4. The van der Waals surface area contributed by atoms with Crippen molar-refractivity contribution in [3.8, 4) is 0 Å². The first-order chi connectivity index (χ1) is 15.8. The monoisotopic (exact) mass is 488 g/mol. The number of rotatable bonds is 5. The van der Waals surface area contributed by atoms with E-state index in [1.807, 2.05) is 0 Å². The van der Waals surface area contributed by atoms with Crippen LogP contribution in [0.3, 0.4) is 0 Å². The number of aromatic nitrogens is 1. The Balaban J connectivity index is 1.58. The molecule has 6 N–H and O–H groups in total. The third kappa shape index (κ3) is 6.75. The van der Waals surface area contributed by atoms with E-state index in [-0.39, 0.29) is 29.6 Å². The minimum absolute atomic E-state index is 0.186. The topological polar surface area (TPSA) is 116 Å². The van der Waals surface area contributed by atoms with E-state index in [2.05, 4.69) is 20.9 Å². The molecule has 0 atom stereocenters. The number of guanidine groups is 1. The highest BCUT2D eigenvalue weighted by molar-refractivity contribution is 5.95. The molecule has 2 aromatic rings. The molecule has 7 nitrogen and oxygen atoms in total. The molecule has 1 saturated carbocycles. The number of amides is 1. The Morgan fingerprint density at radius 3 is 1.85 bits per heavy atom. The van der Waals surface area contributed by atoms with E-state index >= 15 is 0 Å². The minimum atomic E-state index is -5.01. The number of pyridine rings is 1. The van der Waals surface area contributed by atoms with Crippen LogP contribution in [0.4, 0.5) is 37.7 Å². The van der Waals surface area contributed by atoms with Gasteiger partial charge < -0.3 is 21.7 Å². The number of hydrogen-bond acceptors (Lipinski definition) is 4. The van der Waals surface area contributed by atoms with Crippen molar-refractivity contribution in [3.05, 3.63) is 53.3 Å². The molecule has 184 valence electrons. The van der Waals surface area contributed by atoms with Gasteiger partial charge in [-0.1, -0.05) is 0 Å². The van der Waals surface area contributed by atoms with Crippen LogP contribution in [0.15, 0.2) is 36.4 Å². The second-order valence-electron chi connectivity index (χ2n) is 7.90. The first kappa shape index (κ1) is 25.1. The summed E-state index contributed by atoms with van der Waals surface area (Å²) in [6.07, 6.45) is -8.15. The highest BCUT2D eigenvalue weighted by atomic mass is 19.4. The molecule has 0 saturated heterocycles. The fourth-order valence-corrected chi connectivity index (χ4v) is 3.65. The van der Waals surface area contributed by atoms with Crippen molar-refractivity contribution in [1.82, 2.24) is 10.3 Å². The summed E-state index contributed by atoms with van der Waals surface area (Å²) in [5.74, 6) is -0.553. The summed E-state index contributed by atoms with van der Waals surface area (Å²) in [6.45, 7) is 0. The lowest BCUT2D eigenvalue weighted by Crippen LogP contribution is -2.40. The molecule has 1 heterocycles. The van der Waals surface area contributed by atoms with Crippen LogP contribution < -0.4 is 21.7 Å². The van der Waals surface area contributed by atoms with Crippen molar-refractivity contribution in [2.45, 2.75) is 50.1 Å². The summed E-state index contributed by atoms with van der Waals surface area (Å²) in [4.78, 5) is 15.2. The van der Waals surface area contributed by atoms with Crippen LogP contribution in [-0.4, -0.2) is 28.9 Å². The van der Waals surface area contributed by atoms with Crippen molar-refractivity contribution in [1.29, 1.82) is 5.41 Å². The third-order valence-electron chi connectivity index (χ3n) is 5.27. The second kappa shape index (κ2) is 9.77. The number of anilines is 2. The average molecular weight is 488 g/mol. The molecule has 0 spiro atoms. The van der Waals surface area contributed by atoms with Gasteiger partial charge in [-0.15, -0.1) is 0 Å². The number of alkyl halides is 6. The van der Waals surface area contributed by atoms with Crippen LogP contribution >= 0.6 is 0 Å². The van der Waals surface area contributed by atoms with Crippen molar-refractivity contribution < 1.29 is 31.1 Å². The van der Waals surface area contributed by atoms with Crippen LogP contribution in [0.5, 0.6) is 0 Å². The summed E-state index contributed by atoms with van der Waals surface area (Å²) < 4.78 is 77.9. The molecule has 1 amide bonds. The van der Waals surface area contributed by atoms with Gasteiger partial charge in [-0.2, -0.15) is 26.3 Å². The Morgan fingerprint density at radius 1 is 0.882 bits per heavy atom. The molecule has 0 aliphatic heterocycles. The van der Waals surface area contributed by atoms with Gasteiger partial charge in [0.1, 0.15) is 11.4 Å². The van der Waals surface area contributed by atoms with E-state index in [0.717, 1.165) is 0 Å². The number of carbonyl (C=O) groups is 1. The van der Waals surface area contributed by atoms with Crippen LogP contribution in [0.1, 0.15) is 47.4 Å². The Morgan fingerprint density at radius 2 is 1.38 bits per heavy atom. The van der Waals surface area contributed by atoms with Crippen LogP contribution in [0.25, 0.3) is 0 Å². The lowest BCUT2D eigenvalue weighted by molar-refractivity contribution is -0.150. The SMILES string of the molecule is N=C(N)Nc1ccc(C(=O)N[C@H]2CC[C@@H](Nc3cc(C(F)(F)F)nc(C(F)(F)F)c3)CC2)cc1. The minimum Gasteiger partial charge on any atom is -0.382 e. The standard InChI is InChI=1S/C21H22F6N6O/c22-20(23,24)16-9-15(10-17(33-16)21(25,26)27)30-12-5-7-13(8-6-12)31-18(34)11-1-3-14(4-2-11)32-19(28)29/h1-4,9-10,12-13H,5-8H2,(H,30,33)(H,31,34)(H4,28,29,32)/t12-,13+. The Labute approximate surface area is 190 Å². The van der Waals surface area contributed by atoms with Gasteiger partial charge in [-0.25, -0.2) is 4.98 Å². The van der Waals surface area contributed by atoms with Gasteiger partial charge in [0.05, 0.1) is 0 Å². The van der Waals surface area contributed by atoms with Crippen molar-refractivity contribution >= 4 is 23.2 Å². The van der Waals surface area contributed by atoms with Crippen LogP contribution in [-0.2, 0) is 12.4 Å². The third-order valence-corrected chi connectivity index (χ3v) is 5.27. The number of halogens is 6. The zero-order chi connectivity index (χ0) is 25.1. The average Bonchev–Trinajstić information content (AvgIpc) is 2.74. The summed E-state index contributed by atoms with van der Waals surface area (Å²) in [5, 5.41) is 15.4. The number of nitrogens with zero attached hydrogens (tertiary/aromatic N) is 1. The van der Waals surface area contributed by atoms with Gasteiger partial charge in [0.2, 0.25) is 0 Å². The Kier molecular flexibility index (Phi) is 7.22. The molecule has 13 heteroatoms. The summed E-state index contributed by atoms with van der Waals surface area (Å²) in [6, 6.07) is 6.90. The number of hydrogen-bond donors (Lipinski definition) is 5. The van der Waals surface area contributed by atoms with E-state index in [4.69, 9.17) is 11.1 Å². The van der Waals surface area contributed by atoms with E-state index in [1.165, 1.54) is 0 Å². The Bertz CT molecular complexity index is 997. The first-order valence-corrected chi connectivity index (χ1v) is 10.3. The smallest absolute Gasteiger partial charge is 0.382 e. The maximum absolute atomic E-state index is 13.0. The van der Waals surface area contributed by atoms with Crippen molar-refractivity contribution in [2.75, 3.05) is 10.6 Å². The maximum Gasteiger partial charge on any atom is 0.433 e. The lowest BCUT2D eigenvalue weighted by atomic mass is 9.90. The number of nitrogens with two attached hydrogens (primary N) is 1. The van der Waals surface area contributed by atoms with Crippen molar-refractivity contribution in [2.24, 2.45) is 5.73 Å². The summed E-state index contributed by atoms with van der Waals surface area (Å²) in [5.41, 5.74) is 2.65. The van der Waals surface area contributed by atoms with E-state index in [0.29, 0.717) is 49.1 Å². The molecule has 3 rings (SSSR count). The zero-order valence-electron chi connectivity index (χ0n) is 17.6. The van der Waals surface area contributed by atoms with E-state index in [1.54, 1.807) is 24.3 Å². The van der Waals surface area contributed by atoms with Crippen LogP contribution in [0, 0.1) is 5.41 Å². The fourth-order valence-electron chi connectivity index (χ4n) is 3.65. The molecule has 34 heavy (non-hydrogen) atoms. The normalized spacial score (nSPS) is 18.8. The van der Waals surface area contributed by atoms with Gasteiger partial charge in [0.15, 0.2) is 5.96 Å². The maximum atomic E-state index is 13.0. The lowest BCUT2D eigenvalue weighted by Gasteiger charge is -2.30. The number of carbonyl (C=O) groups excluding carboxylic acids is 1. The highest BCUT2D eigenvalue weighted by Crippen LogP contribution is 2.35. The molecule has 0 radical (unpaired) electrons. The molecule has 0 bridgehead atoms. The summed E-state index contributed by atoms with van der Waals surface area (Å²) >= 11 is 0. The van der Waals surface area contributed by atoms with E-state index < -0.39 is 23.7 Å². The molecular formula is C21H22F6N6O. The number of benzene rings is 1. The fraction of sp³-hybridized carbons (Fsp3) is 0.381. The van der Waals surface area contributed by atoms with Gasteiger partial charge in [-0.3, -0.25) is 10.2 Å². The molecule has 1 aromatic carbocycles. The Hall–Kier alpha value is -3.51. The predicted molar refractivity (Wildman–Crippen MR) is 113 cm³/mol. The largest absolute Gasteiger partial charge is 0.433 e. The molecule has 1 aliphatic rings. The molecule has 1 aliphatic carbocycles. The molecule has 1 fully saturated rings. The molecule has 0 unspecified atom stereocenters. The van der Waals surface area contributed by atoms with Crippen molar-refractivity contribution in [3.63, 3.8) is 0 Å². The molecule has 1 aromatic heterocycles. The first-order valence-electron chi connectivity index (χ1n) is 10.3. The molecular weight excluding hydrogens is 466 g/mol. The van der Waals surface area contributed by atoms with Gasteiger partial charge in [0.25, 0.3) is 5.91 Å².